The van der Waals surface area contributed by atoms with E-state index in [4.69, 9.17) is 0 Å². The molecule has 1 aromatic rings. The van der Waals surface area contributed by atoms with Gasteiger partial charge in [-0.05, 0) is 19.1 Å². The smallest absolute Gasteiger partial charge is 0.0917 e. The van der Waals surface area contributed by atoms with Gasteiger partial charge in [0.2, 0.25) is 0 Å². The molecule has 1 N–H and O–H groups in total. The van der Waals surface area contributed by atoms with E-state index < -0.39 is 0 Å². The molecule has 0 radical (unpaired) electrons. The lowest BCUT2D eigenvalue weighted by Gasteiger charge is -2.16. The molecule has 0 aromatic carbocycles. The summed E-state index contributed by atoms with van der Waals surface area (Å²) in [5.41, 5.74) is 2.45. The maximum Gasteiger partial charge on any atom is 0.0917 e. The summed E-state index contributed by atoms with van der Waals surface area (Å²) in [5, 5.41) is 6.37. The van der Waals surface area contributed by atoms with E-state index in [2.05, 4.69) is 23.1 Å². The Morgan fingerprint density at radius 1 is 1.67 bits per heavy atom. The summed E-state index contributed by atoms with van der Waals surface area (Å²) in [6, 6.07) is 4.55. The van der Waals surface area contributed by atoms with Crippen LogP contribution in [0.4, 0.5) is 0 Å². The number of nitrogens with zero attached hydrogens (tertiary/aromatic N) is 2. The number of hydrogen-bond acceptors (Lipinski definition) is 2. The van der Waals surface area contributed by atoms with Gasteiger partial charge in [0, 0.05) is 31.1 Å². The predicted molar refractivity (Wildman–Crippen MR) is 49.0 cm³/mol. The van der Waals surface area contributed by atoms with Gasteiger partial charge in [0.1, 0.15) is 0 Å². The highest BCUT2D eigenvalue weighted by atomic mass is 15.5. The molecule has 12 heavy (non-hydrogen) atoms. The van der Waals surface area contributed by atoms with E-state index in [1.807, 2.05) is 24.3 Å². The minimum absolute atomic E-state index is 0.417. The Labute approximate surface area is 72.1 Å². The van der Waals surface area contributed by atoms with Crippen LogP contribution in [0.2, 0.25) is 0 Å². The van der Waals surface area contributed by atoms with Crippen LogP contribution >= 0.6 is 0 Å². The number of aromatic amines is 1. The van der Waals surface area contributed by atoms with Gasteiger partial charge in [-0.1, -0.05) is 0 Å². The Balaban J connectivity index is 2.19. The quantitative estimate of drug-likeness (QED) is 0.672. The first-order valence-electron chi connectivity index (χ1n) is 4.17. The zero-order valence-electron chi connectivity index (χ0n) is 7.41. The first-order chi connectivity index (χ1) is 5.77. The summed E-state index contributed by atoms with van der Waals surface area (Å²) in [6.07, 6.45) is 2.99. The summed E-state index contributed by atoms with van der Waals surface area (Å²) in [5.74, 6) is 0. The third kappa shape index (κ3) is 1.11. The topological polar surface area (TPSA) is 31.4 Å². The van der Waals surface area contributed by atoms with Gasteiger partial charge in [-0.25, -0.2) is 0 Å². The summed E-state index contributed by atoms with van der Waals surface area (Å²) in [4.78, 5) is 3.22. The Bertz CT molecular complexity index is 287. The zero-order valence-corrected chi connectivity index (χ0v) is 7.41. The van der Waals surface area contributed by atoms with Crippen molar-refractivity contribution in [1.82, 2.24) is 9.99 Å². The Hall–Kier alpha value is -1.25. The minimum Gasteiger partial charge on any atom is -0.363 e. The average molecular weight is 163 g/mol. The van der Waals surface area contributed by atoms with E-state index in [9.17, 15) is 0 Å². The number of nitrogens with one attached hydrogen (secondary N) is 1. The summed E-state index contributed by atoms with van der Waals surface area (Å²) in [6.45, 7) is 2.07. The van der Waals surface area contributed by atoms with Crippen LogP contribution in [0.15, 0.2) is 23.4 Å². The number of hydrogen-bond donors (Lipinski definition) is 1. The second kappa shape index (κ2) is 2.66. The molecule has 1 aromatic heterocycles. The maximum atomic E-state index is 4.36. The lowest BCUT2D eigenvalue weighted by atomic mass is 10.1. The highest BCUT2D eigenvalue weighted by Crippen LogP contribution is 2.27. The molecule has 3 heteroatoms. The molecule has 0 aliphatic carbocycles. The van der Waals surface area contributed by atoms with Crippen molar-refractivity contribution in [1.29, 1.82) is 0 Å². The first kappa shape index (κ1) is 7.40. The van der Waals surface area contributed by atoms with Gasteiger partial charge in [-0.3, -0.25) is 5.01 Å². The van der Waals surface area contributed by atoms with E-state index in [0.717, 1.165) is 6.42 Å². The van der Waals surface area contributed by atoms with Crippen molar-refractivity contribution in [2.75, 3.05) is 7.05 Å². The average Bonchev–Trinajstić information content (AvgIpc) is 2.58. The summed E-state index contributed by atoms with van der Waals surface area (Å²) >= 11 is 0. The molecule has 0 spiro atoms. The molecule has 1 aliphatic rings. The second-order valence-electron chi connectivity index (χ2n) is 3.25. The number of H-pyrrole nitrogens is 1. The van der Waals surface area contributed by atoms with Gasteiger partial charge in [0.05, 0.1) is 6.04 Å². The molecule has 0 saturated carbocycles. The first-order valence-corrected chi connectivity index (χ1v) is 4.17. The predicted octanol–water partition coefficient (Wildman–Crippen LogP) is 1.77. The van der Waals surface area contributed by atoms with Gasteiger partial charge in [-0.2, -0.15) is 5.10 Å². The van der Waals surface area contributed by atoms with E-state index in [1.54, 1.807) is 0 Å². The van der Waals surface area contributed by atoms with Crippen molar-refractivity contribution < 1.29 is 0 Å². The lowest BCUT2D eigenvalue weighted by Crippen LogP contribution is -2.13. The van der Waals surface area contributed by atoms with Crippen LogP contribution in [0.1, 0.15) is 25.1 Å². The third-order valence-electron chi connectivity index (χ3n) is 2.25. The van der Waals surface area contributed by atoms with Gasteiger partial charge in [0.15, 0.2) is 0 Å². The number of aromatic nitrogens is 1. The van der Waals surface area contributed by atoms with E-state index >= 15 is 0 Å². The SMILES string of the molecule is CC1=NN(C)C(c2ccc[nH]2)C1. The monoisotopic (exact) mass is 163 g/mol. The fourth-order valence-electron chi connectivity index (χ4n) is 1.65. The normalized spacial score (nSPS) is 23.0. The fraction of sp³-hybridized carbons (Fsp3) is 0.444. The third-order valence-corrected chi connectivity index (χ3v) is 2.25. The van der Waals surface area contributed by atoms with Crippen molar-refractivity contribution in [3.63, 3.8) is 0 Å². The van der Waals surface area contributed by atoms with Crippen LogP contribution < -0.4 is 0 Å². The molecule has 64 valence electrons. The highest BCUT2D eigenvalue weighted by Gasteiger charge is 2.22. The van der Waals surface area contributed by atoms with E-state index in [1.165, 1.54) is 11.4 Å². The molecule has 0 amide bonds. The van der Waals surface area contributed by atoms with E-state index in [-0.39, 0.29) is 0 Å². The molecule has 0 bridgehead atoms. The van der Waals surface area contributed by atoms with Crippen molar-refractivity contribution >= 4 is 5.71 Å². The fourth-order valence-corrected chi connectivity index (χ4v) is 1.65. The van der Waals surface area contributed by atoms with Crippen LogP contribution in [0.3, 0.4) is 0 Å². The van der Waals surface area contributed by atoms with Crippen LogP contribution in [0.5, 0.6) is 0 Å². The zero-order chi connectivity index (χ0) is 8.55. The molecule has 1 aliphatic heterocycles. The number of rotatable bonds is 1. The molecular weight excluding hydrogens is 150 g/mol. The molecule has 0 fully saturated rings. The Kier molecular flexibility index (Phi) is 1.64. The van der Waals surface area contributed by atoms with Crippen molar-refractivity contribution in [3.8, 4) is 0 Å². The molecular formula is C9H13N3. The van der Waals surface area contributed by atoms with Gasteiger partial charge in [0.25, 0.3) is 0 Å². The second-order valence-corrected chi connectivity index (χ2v) is 3.25. The van der Waals surface area contributed by atoms with Gasteiger partial charge in [-0.15, -0.1) is 0 Å². The highest BCUT2D eigenvalue weighted by molar-refractivity contribution is 5.83. The summed E-state index contributed by atoms with van der Waals surface area (Å²) < 4.78 is 0. The Morgan fingerprint density at radius 2 is 2.50 bits per heavy atom. The molecule has 3 nitrogen and oxygen atoms in total. The van der Waals surface area contributed by atoms with Crippen LogP contribution in [0, 0.1) is 0 Å². The molecule has 2 heterocycles. The van der Waals surface area contributed by atoms with Gasteiger partial charge < -0.3 is 4.98 Å². The van der Waals surface area contributed by atoms with Crippen LogP contribution in [-0.4, -0.2) is 22.8 Å². The molecule has 1 atom stereocenters. The van der Waals surface area contributed by atoms with Gasteiger partial charge >= 0.3 is 0 Å². The molecule has 2 rings (SSSR count). The lowest BCUT2D eigenvalue weighted by molar-refractivity contribution is 0.285. The van der Waals surface area contributed by atoms with Crippen LogP contribution in [0.25, 0.3) is 0 Å². The largest absolute Gasteiger partial charge is 0.363 e. The summed E-state index contributed by atoms with van der Waals surface area (Å²) in [7, 11) is 2.02. The van der Waals surface area contributed by atoms with Crippen LogP contribution in [-0.2, 0) is 0 Å². The maximum absolute atomic E-state index is 4.36. The Morgan fingerprint density at radius 3 is 3.00 bits per heavy atom. The molecule has 0 saturated heterocycles. The minimum atomic E-state index is 0.417. The van der Waals surface area contributed by atoms with Crippen molar-refractivity contribution in [3.05, 3.63) is 24.0 Å². The molecule has 1 unspecified atom stereocenters. The van der Waals surface area contributed by atoms with Crippen molar-refractivity contribution in [2.24, 2.45) is 5.10 Å². The standard InChI is InChI=1S/C9H13N3/c1-7-6-9(12(2)11-7)8-4-3-5-10-8/h3-5,9-10H,6H2,1-2H3. The van der Waals surface area contributed by atoms with E-state index in [0.29, 0.717) is 6.04 Å². The van der Waals surface area contributed by atoms with Crippen molar-refractivity contribution in [2.45, 2.75) is 19.4 Å². The number of hydrazone groups is 1.